The second kappa shape index (κ2) is 8.30. The van der Waals surface area contributed by atoms with Crippen molar-refractivity contribution in [2.75, 3.05) is 16.6 Å². The van der Waals surface area contributed by atoms with Crippen molar-refractivity contribution in [2.24, 2.45) is 0 Å². The van der Waals surface area contributed by atoms with E-state index in [1.54, 1.807) is 13.8 Å². The van der Waals surface area contributed by atoms with Crippen molar-refractivity contribution in [2.45, 2.75) is 18.7 Å². The number of carbonyl (C=O) groups excluding carboxylic acids is 2. The fourth-order valence-electron chi connectivity index (χ4n) is 1.85. The Morgan fingerprint density at radius 1 is 1.23 bits per heavy atom. The van der Waals surface area contributed by atoms with E-state index >= 15 is 0 Å². The van der Waals surface area contributed by atoms with Crippen LogP contribution in [0.2, 0.25) is 0 Å². The monoisotopic (exact) mass is 379 g/mol. The number of sulfonamides is 1. The van der Waals surface area contributed by atoms with Crippen LogP contribution in [0.1, 0.15) is 12.7 Å². The van der Waals surface area contributed by atoms with Crippen molar-refractivity contribution < 1.29 is 27.3 Å². The molecule has 1 aromatic carbocycles. The van der Waals surface area contributed by atoms with Gasteiger partial charge >= 0.3 is 5.97 Å². The molecule has 0 fully saturated rings. The molecule has 0 aliphatic heterocycles. The molecule has 0 radical (unpaired) electrons. The quantitative estimate of drug-likeness (QED) is 0.555. The van der Waals surface area contributed by atoms with Gasteiger partial charge in [0.1, 0.15) is 5.76 Å². The molecule has 10 heteroatoms. The fourth-order valence-corrected chi connectivity index (χ4v) is 2.83. The van der Waals surface area contributed by atoms with Gasteiger partial charge < -0.3 is 14.6 Å². The van der Waals surface area contributed by atoms with Crippen LogP contribution in [0.25, 0.3) is 0 Å². The van der Waals surface area contributed by atoms with E-state index in [-0.39, 0.29) is 17.3 Å². The molecule has 0 saturated heterocycles. The molecule has 0 atom stereocenters. The molecule has 9 nitrogen and oxygen atoms in total. The third-order valence-electron chi connectivity index (χ3n) is 2.96. The first-order valence-electron chi connectivity index (χ1n) is 7.52. The first kappa shape index (κ1) is 19.2. The van der Waals surface area contributed by atoms with Crippen LogP contribution in [-0.4, -0.2) is 32.1 Å². The number of nitrogens with zero attached hydrogens (tertiary/aromatic N) is 1. The molecule has 2 aromatic rings. The minimum absolute atomic E-state index is 0.0155. The second-order valence-corrected chi connectivity index (χ2v) is 6.71. The predicted molar refractivity (Wildman–Crippen MR) is 92.9 cm³/mol. The van der Waals surface area contributed by atoms with Gasteiger partial charge in [0.25, 0.3) is 10.0 Å². The average Bonchev–Trinajstić information content (AvgIpc) is 2.98. The van der Waals surface area contributed by atoms with Crippen LogP contribution in [0, 0.1) is 6.92 Å². The molecule has 0 unspecified atom stereocenters. The molecule has 1 amide bonds. The number of hydrogen-bond donors (Lipinski definition) is 2. The van der Waals surface area contributed by atoms with Crippen LogP contribution in [0.4, 0.5) is 11.5 Å². The van der Waals surface area contributed by atoms with E-state index in [9.17, 15) is 18.0 Å². The molecule has 0 saturated carbocycles. The summed E-state index contributed by atoms with van der Waals surface area (Å²) in [7, 11) is -3.83. The van der Waals surface area contributed by atoms with Gasteiger partial charge in [-0.1, -0.05) is 5.16 Å². The third kappa shape index (κ3) is 5.45. The number of amides is 1. The highest BCUT2D eigenvalue weighted by Crippen LogP contribution is 2.18. The lowest BCUT2D eigenvalue weighted by Crippen LogP contribution is -2.13. The first-order valence-corrected chi connectivity index (χ1v) is 9.00. The van der Waals surface area contributed by atoms with Crippen molar-refractivity contribution in [3.8, 4) is 0 Å². The van der Waals surface area contributed by atoms with Crippen molar-refractivity contribution in [1.82, 2.24) is 5.16 Å². The summed E-state index contributed by atoms with van der Waals surface area (Å²) in [4.78, 5) is 22.8. The zero-order chi connectivity index (χ0) is 19.2. The van der Waals surface area contributed by atoms with Crippen molar-refractivity contribution in [3.05, 3.63) is 48.2 Å². The molecule has 1 aromatic heterocycles. The minimum Gasteiger partial charge on any atom is -0.463 e. The number of aromatic nitrogens is 1. The molecule has 138 valence electrons. The summed E-state index contributed by atoms with van der Waals surface area (Å²) in [5.74, 6) is -0.635. The normalized spacial score (nSPS) is 11.3. The highest BCUT2D eigenvalue weighted by Gasteiger charge is 2.16. The van der Waals surface area contributed by atoms with Crippen molar-refractivity contribution >= 4 is 33.4 Å². The number of carbonyl (C=O) groups is 2. The molecular formula is C16H17N3O6S. The van der Waals surface area contributed by atoms with E-state index in [4.69, 9.17) is 4.52 Å². The number of hydrogen-bond acceptors (Lipinski definition) is 7. The highest BCUT2D eigenvalue weighted by molar-refractivity contribution is 7.92. The maximum Gasteiger partial charge on any atom is 0.330 e. The summed E-state index contributed by atoms with van der Waals surface area (Å²) in [5.41, 5.74) is 0.361. The standard InChI is InChI=1S/C16H17N3O6S/c1-3-24-16(21)9-8-15(20)17-12-4-6-13(7-5-12)26(22,23)19-14-10-11(2)25-18-14/h4-10H,3H2,1-2H3,(H,17,20)(H,18,19)/b9-8+. The number of nitrogens with one attached hydrogen (secondary N) is 2. The number of esters is 1. The summed E-state index contributed by atoms with van der Waals surface area (Å²) in [5, 5.41) is 6.06. The summed E-state index contributed by atoms with van der Waals surface area (Å²) in [6.45, 7) is 3.50. The number of benzene rings is 1. The first-order chi connectivity index (χ1) is 12.3. The lowest BCUT2D eigenvalue weighted by atomic mass is 10.3. The van der Waals surface area contributed by atoms with Crippen molar-refractivity contribution in [1.29, 1.82) is 0 Å². The second-order valence-electron chi connectivity index (χ2n) is 5.03. The summed E-state index contributed by atoms with van der Waals surface area (Å²) < 4.78 is 36.2. The average molecular weight is 379 g/mol. The number of rotatable bonds is 7. The Labute approximate surface area is 150 Å². The lowest BCUT2D eigenvalue weighted by molar-refractivity contribution is -0.137. The largest absolute Gasteiger partial charge is 0.463 e. The van der Waals surface area contributed by atoms with E-state index < -0.39 is 21.9 Å². The van der Waals surface area contributed by atoms with Gasteiger partial charge in [-0.05, 0) is 38.1 Å². The molecule has 2 N–H and O–H groups in total. The smallest absolute Gasteiger partial charge is 0.330 e. The molecule has 0 aliphatic carbocycles. The highest BCUT2D eigenvalue weighted by atomic mass is 32.2. The van der Waals surface area contributed by atoms with Gasteiger partial charge in [-0.25, -0.2) is 13.2 Å². The predicted octanol–water partition coefficient (Wildman–Crippen LogP) is 1.84. The van der Waals surface area contributed by atoms with Crippen LogP contribution >= 0.6 is 0 Å². The zero-order valence-electron chi connectivity index (χ0n) is 14.1. The SMILES string of the molecule is CCOC(=O)/C=C/C(=O)Nc1ccc(S(=O)(=O)Nc2cc(C)on2)cc1. The van der Waals surface area contributed by atoms with E-state index in [0.29, 0.717) is 11.4 Å². The van der Waals surface area contributed by atoms with Gasteiger partial charge in [0.2, 0.25) is 5.91 Å². The maximum atomic E-state index is 12.2. The number of aryl methyl sites for hydroxylation is 1. The topological polar surface area (TPSA) is 128 Å². The Hall–Kier alpha value is -3.14. The third-order valence-corrected chi connectivity index (χ3v) is 4.33. The van der Waals surface area contributed by atoms with Gasteiger partial charge in [-0.2, -0.15) is 0 Å². The van der Waals surface area contributed by atoms with Crippen LogP contribution in [-0.2, 0) is 24.3 Å². The van der Waals surface area contributed by atoms with Crippen LogP contribution < -0.4 is 10.0 Å². The summed E-state index contributed by atoms with van der Waals surface area (Å²) in [6, 6.07) is 6.92. The molecule has 0 bridgehead atoms. The van der Waals surface area contributed by atoms with Gasteiger partial charge in [-0.15, -0.1) is 0 Å². The van der Waals surface area contributed by atoms with Crippen LogP contribution in [0.3, 0.4) is 0 Å². The molecule has 1 heterocycles. The van der Waals surface area contributed by atoms with E-state index in [1.165, 1.54) is 30.3 Å². The van der Waals surface area contributed by atoms with E-state index in [1.807, 2.05) is 0 Å². The summed E-state index contributed by atoms with van der Waals surface area (Å²) in [6.07, 6.45) is 2.03. The summed E-state index contributed by atoms with van der Waals surface area (Å²) >= 11 is 0. The molecular weight excluding hydrogens is 362 g/mol. The van der Waals surface area contributed by atoms with E-state index in [0.717, 1.165) is 12.2 Å². The maximum absolute atomic E-state index is 12.2. The van der Waals surface area contributed by atoms with Gasteiger partial charge in [-0.3, -0.25) is 9.52 Å². The zero-order valence-corrected chi connectivity index (χ0v) is 14.9. The van der Waals surface area contributed by atoms with E-state index in [2.05, 4.69) is 19.9 Å². The lowest BCUT2D eigenvalue weighted by Gasteiger charge is -2.06. The van der Waals surface area contributed by atoms with Gasteiger partial charge in [0.05, 0.1) is 11.5 Å². The molecule has 2 rings (SSSR count). The minimum atomic E-state index is -3.83. The molecule has 0 spiro atoms. The van der Waals surface area contributed by atoms with Crippen LogP contribution in [0.15, 0.2) is 51.9 Å². The van der Waals surface area contributed by atoms with Crippen LogP contribution in [0.5, 0.6) is 0 Å². The Bertz CT molecular complexity index is 916. The Balaban J connectivity index is 2.01. The number of anilines is 2. The molecule has 0 aliphatic rings. The number of ether oxygens (including phenoxy) is 1. The Morgan fingerprint density at radius 2 is 1.92 bits per heavy atom. The fraction of sp³-hybridized carbons (Fsp3) is 0.188. The van der Waals surface area contributed by atoms with Gasteiger partial charge in [0.15, 0.2) is 5.82 Å². The molecule has 26 heavy (non-hydrogen) atoms. The van der Waals surface area contributed by atoms with Crippen molar-refractivity contribution in [3.63, 3.8) is 0 Å². The Morgan fingerprint density at radius 3 is 2.50 bits per heavy atom. The Kier molecular flexibility index (Phi) is 6.12. The van der Waals surface area contributed by atoms with Gasteiger partial charge in [0, 0.05) is 23.9 Å².